The summed E-state index contributed by atoms with van der Waals surface area (Å²) in [6.07, 6.45) is 0. The Bertz CT molecular complexity index is 410. The molecular formula is C13H21N3O3. The molecule has 0 bridgehead atoms. The molecule has 106 valence electrons. The Hall–Kier alpha value is -1.63. The highest BCUT2D eigenvalue weighted by atomic mass is 16.5. The van der Waals surface area contributed by atoms with Crippen molar-refractivity contribution in [3.05, 3.63) is 29.3 Å². The Balaban J connectivity index is 2.43. The summed E-state index contributed by atoms with van der Waals surface area (Å²) >= 11 is 0. The lowest BCUT2D eigenvalue weighted by Gasteiger charge is -2.10. The van der Waals surface area contributed by atoms with Gasteiger partial charge in [-0.25, -0.2) is 0 Å². The van der Waals surface area contributed by atoms with Gasteiger partial charge in [0.1, 0.15) is 0 Å². The van der Waals surface area contributed by atoms with Crippen LogP contribution in [0.15, 0.2) is 18.2 Å². The lowest BCUT2D eigenvalue weighted by atomic mass is 10.1. The topological polar surface area (TPSA) is 85.6 Å². The van der Waals surface area contributed by atoms with Crippen LogP contribution in [0, 0.1) is 6.92 Å². The molecule has 1 rings (SSSR count). The summed E-state index contributed by atoms with van der Waals surface area (Å²) in [6, 6.07) is 5.45. The van der Waals surface area contributed by atoms with Gasteiger partial charge < -0.3 is 20.2 Å². The first-order valence-corrected chi connectivity index (χ1v) is 6.11. The molecule has 0 aromatic heterocycles. The highest BCUT2D eigenvalue weighted by molar-refractivity contribution is 5.99. The lowest BCUT2D eigenvalue weighted by molar-refractivity contribution is 0.0693. The molecule has 4 N–H and O–H groups in total. The number of rotatable bonds is 8. The highest BCUT2D eigenvalue weighted by Crippen LogP contribution is 2.15. The molecule has 0 atom stereocenters. The fraction of sp³-hybridized carbons (Fsp3) is 0.462. The first-order valence-electron chi connectivity index (χ1n) is 6.11. The molecule has 1 aromatic carbocycles. The number of amides is 1. The highest BCUT2D eigenvalue weighted by Gasteiger charge is 2.10. The number of hydrogen-bond acceptors (Lipinski definition) is 5. The van der Waals surface area contributed by atoms with Gasteiger partial charge in [-0.1, -0.05) is 11.6 Å². The third-order valence-electron chi connectivity index (χ3n) is 2.54. The van der Waals surface area contributed by atoms with Crippen molar-refractivity contribution in [2.45, 2.75) is 6.92 Å². The van der Waals surface area contributed by atoms with Crippen molar-refractivity contribution in [3.63, 3.8) is 0 Å². The number of anilines is 1. The van der Waals surface area contributed by atoms with Gasteiger partial charge in [-0.2, -0.15) is 0 Å². The number of hydrazine groups is 1. The minimum atomic E-state index is -0.174. The quantitative estimate of drug-likeness (QED) is 0.366. The Morgan fingerprint density at radius 2 is 2.11 bits per heavy atom. The average molecular weight is 267 g/mol. The van der Waals surface area contributed by atoms with Crippen molar-refractivity contribution in [1.82, 2.24) is 5.32 Å². The maximum atomic E-state index is 12.0. The van der Waals surface area contributed by atoms with E-state index in [0.29, 0.717) is 37.6 Å². The summed E-state index contributed by atoms with van der Waals surface area (Å²) in [5.41, 5.74) is 4.64. The molecule has 0 radical (unpaired) electrons. The van der Waals surface area contributed by atoms with Crippen molar-refractivity contribution in [2.75, 3.05) is 38.9 Å². The van der Waals surface area contributed by atoms with Crippen LogP contribution >= 0.6 is 0 Å². The largest absolute Gasteiger partial charge is 0.382 e. The predicted octanol–water partition coefficient (Wildman–Crippen LogP) is 0.673. The zero-order chi connectivity index (χ0) is 14.1. The van der Waals surface area contributed by atoms with Crippen LogP contribution < -0.4 is 16.6 Å². The molecule has 6 nitrogen and oxygen atoms in total. The Morgan fingerprint density at radius 1 is 1.32 bits per heavy atom. The van der Waals surface area contributed by atoms with Crippen LogP contribution in [0.1, 0.15) is 15.9 Å². The number of carbonyl (C=O) groups is 1. The minimum Gasteiger partial charge on any atom is -0.382 e. The zero-order valence-corrected chi connectivity index (χ0v) is 11.4. The fourth-order valence-corrected chi connectivity index (χ4v) is 1.55. The summed E-state index contributed by atoms with van der Waals surface area (Å²) in [5.74, 6) is 5.21. The second-order valence-corrected chi connectivity index (χ2v) is 4.05. The first-order chi connectivity index (χ1) is 9.19. The number of ether oxygens (including phenoxy) is 2. The fourth-order valence-electron chi connectivity index (χ4n) is 1.55. The third-order valence-corrected chi connectivity index (χ3v) is 2.54. The number of aryl methyl sites for hydroxylation is 1. The van der Waals surface area contributed by atoms with Crippen molar-refractivity contribution < 1.29 is 14.3 Å². The SMILES string of the molecule is COCCOCCNC(=O)c1cc(C)ccc1NN. The molecule has 0 fully saturated rings. The van der Waals surface area contributed by atoms with Crippen LogP contribution in [0.25, 0.3) is 0 Å². The molecule has 0 unspecified atom stereocenters. The molecular weight excluding hydrogens is 246 g/mol. The van der Waals surface area contributed by atoms with Crippen LogP contribution in [0.5, 0.6) is 0 Å². The van der Waals surface area contributed by atoms with Crippen molar-refractivity contribution >= 4 is 11.6 Å². The van der Waals surface area contributed by atoms with Crippen molar-refractivity contribution in [1.29, 1.82) is 0 Å². The van der Waals surface area contributed by atoms with Crippen LogP contribution in [0.3, 0.4) is 0 Å². The minimum absolute atomic E-state index is 0.174. The van der Waals surface area contributed by atoms with Gasteiger partial charge in [-0.05, 0) is 19.1 Å². The van der Waals surface area contributed by atoms with E-state index in [-0.39, 0.29) is 5.91 Å². The van der Waals surface area contributed by atoms with Crippen LogP contribution in [-0.4, -0.2) is 39.4 Å². The van der Waals surface area contributed by atoms with E-state index in [1.807, 2.05) is 13.0 Å². The van der Waals surface area contributed by atoms with E-state index in [9.17, 15) is 4.79 Å². The normalized spacial score (nSPS) is 10.3. The van der Waals surface area contributed by atoms with Gasteiger partial charge in [0, 0.05) is 13.7 Å². The Labute approximate surface area is 113 Å². The number of hydrogen-bond donors (Lipinski definition) is 3. The number of nitrogens with two attached hydrogens (primary N) is 1. The van der Waals surface area contributed by atoms with E-state index >= 15 is 0 Å². The molecule has 0 aliphatic rings. The monoisotopic (exact) mass is 267 g/mol. The van der Waals surface area contributed by atoms with E-state index < -0.39 is 0 Å². The molecule has 0 aliphatic carbocycles. The van der Waals surface area contributed by atoms with Crippen LogP contribution in [-0.2, 0) is 9.47 Å². The van der Waals surface area contributed by atoms with Gasteiger partial charge in [0.05, 0.1) is 31.1 Å². The number of nitrogen functional groups attached to an aromatic ring is 1. The standard InChI is InChI=1S/C13H21N3O3/c1-10-3-4-12(16-14)11(9-10)13(17)15-5-6-19-8-7-18-2/h3-4,9,16H,5-8,14H2,1-2H3,(H,15,17). The lowest BCUT2D eigenvalue weighted by Crippen LogP contribution is -2.28. The molecule has 1 amide bonds. The van der Waals surface area contributed by atoms with Crippen molar-refractivity contribution in [2.24, 2.45) is 5.84 Å². The number of carbonyl (C=O) groups excluding carboxylic acids is 1. The zero-order valence-electron chi connectivity index (χ0n) is 11.4. The molecule has 0 saturated heterocycles. The molecule has 19 heavy (non-hydrogen) atoms. The summed E-state index contributed by atoms with van der Waals surface area (Å²) in [7, 11) is 1.62. The second-order valence-electron chi connectivity index (χ2n) is 4.05. The van der Waals surface area contributed by atoms with E-state index in [2.05, 4.69) is 10.7 Å². The maximum absolute atomic E-state index is 12.0. The van der Waals surface area contributed by atoms with Gasteiger partial charge in [-0.15, -0.1) is 0 Å². The van der Waals surface area contributed by atoms with Gasteiger partial charge in [0.25, 0.3) is 5.91 Å². The van der Waals surface area contributed by atoms with E-state index in [1.165, 1.54) is 0 Å². The molecule has 0 heterocycles. The number of methoxy groups -OCH3 is 1. The summed E-state index contributed by atoms with van der Waals surface area (Å²) in [6.45, 7) is 3.89. The van der Waals surface area contributed by atoms with E-state index in [1.54, 1.807) is 19.2 Å². The number of benzene rings is 1. The Kier molecular flexibility index (Phi) is 6.88. The van der Waals surface area contributed by atoms with Gasteiger partial charge >= 0.3 is 0 Å². The predicted molar refractivity (Wildman–Crippen MR) is 74.0 cm³/mol. The van der Waals surface area contributed by atoms with Gasteiger partial charge in [-0.3, -0.25) is 10.6 Å². The smallest absolute Gasteiger partial charge is 0.253 e. The molecule has 6 heteroatoms. The van der Waals surface area contributed by atoms with Crippen LogP contribution in [0.2, 0.25) is 0 Å². The maximum Gasteiger partial charge on any atom is 0.253 e. The third kappa shape index (κ3) is 5.25. The molecule has 0 saturated carbocycles. The van der Waals surface area contributed by atoms with Gasteiger partial charge in [0.2, 0.25) is 0 Å². The van der Waals surface area contributed by atoms with E-state index in [4.69, 9.17) is 15.3 Å². The average Bonchev–Trinajstić information content (AvgIpc) is 2.42. The molecule has 0 spiro atoms. The summed E-state index contributed by atoms with van der Waals surface area (Å²) < 4.78 is 10.1. The van der Waals surface area contributed by atoms with Gasteiger partial charge in [0.15, 0.2) is 0 Å². The summed E-state index contributed by atoms with van der Waals surface area (Å²) in [4.78, 5) is 12.0. The second kappa shape index (κ2) is 8.47. The number of nitrogens with one attached hydrogen (secondary N) is 2. The molecule has 1 aromatic rings. The first kappa shape index (κ1) is 15.4. The Morgan fingerprint density at radius 3 is 2.79 bits per heavy atom. The summed E-state index contributed by atoms with van der Waals surface area (Å²) in [5, 5.41) is 2.78. The van der Waals surface area contributed by atoms with E-state index in [0.717, 1.165) is 5.56 Å². The van der Waals surface area contributed by atoms with Crippen molar-refractivity contribution in [3.8, 4) is 0 Å². The van der Waals surface area contributed by atoms with Crippen LogP contribution in [0.4, 0.5) is 5.69 Å². The molecule has 0 aliphatic heterocycles.